The number of hydrogen-bond donors (Lipinski definition) is 2. The molecule has 2 aromatic carbocycles. The summed E-state index contributed by atoms with van der Waals surface area (Å²) < 4.78 is 13.6. The Morgan fingerprint density at radius 2 is 1.74 bits per heavy atom. The average molecular weight is 259 g/mol. The highest BCUT2D eigenvalue weighted by Gasteiger charge is 2.15. The number of phenolic OH excluding ortho intramolecular Hbond substituents is 1. The molecule has 0 unspecified atom stereocenters. The summed E-state index contributed by atoms with van der Waals surface area (Å²) in [6.45, 7) is 3.40. The molecule has 0 aliphatic rings. The van der Waals surface area contributed by atoms with Crippen LogP contribution in [0.1, 0.15) is 21.5 Å². The van der Waals surface area contributed by atoms with Crippen molar-refractivity contribution in [3.05, 3.63) is 58.9 Å². The van der Waals surface area contributed by atoms with Crippen LogP contribution in [0.4, 0.5) is 10.1 Å². The molecule has 0 saturated heterocycles. The van der Waals surface area contributed by atoms with Gasteiger partial charge in [-0.2, -0.15) is 0 Å². The Labute approximate surface area is 110 Å². The Morgan fingerprint density at radius 1 is 1.11 bits per heavy atom. The molecular formula is C15H14FNO2. The van der Waals surface area contributed by atoms with Gasteiger partial charge in [0.1, 0.15) is 11.6 Å². The van der Waals surface area contributed by atoms with Gasteiger partial charge >= 0.3 is 0 Å². The maximum atomic E-state index is 13.6. The zero-order chi connectivity index (χ0) is 14.0. The minimum absolute atomic E-state index is 0.0889. The number of aromatic hydroxyl groups is 1. The Morgan fingerprint density at radius 3 is 2.42 bits per heavy atom. The van der Waals surface area contributed by atoms with Crippen LogP contribution in [0.25, 0.3) is 0 Å². The van der Waals surface area contributed by atoms with Gasteiger partial charge in [0.15, 0.2) is 0 Å². The fraction of sp³-hybridized carbons (Fsp3) is 0.133. The Kier molecular flexibility index (Phi) is 3.51. The minimum Gasteiger partial charge on any atom is -0.507 e. The number of carbonyl (C=O) groups excluding carboxylic acids is 1. The number of phenols is 1. The number of anilines is 1. The van der Waals surface area contributed by atoms with Crippen molar-refractivity contribution in [2.45, 2.75) is 13.8 Å². The zero-order valence-corrected chi connectivity index (χ0v) is 10.7. The third-order valence-electron chi connectivity index (χ3n) is 2.94. The summed E-state index contributed by atoms with van der Waals surface area (Å²) in [6.07, 6.45) is 0. The minimum atomic E-state index is -0.533. The van der Waals surface area contributed by atoms with Crippen molar-refractivity contribution in [1.29, 1.82) is 0 Å². The van der Waals surface area contributed by atoms with Crippen LogP contribution in [0.3, 0.4) is 0 Å². The van der Waals surface area contributed by atoms with Gasteiger partial charge < -0.3 is 10.4 Å². The van der Waals surface area contributed by atoms with Crippen LogP contribution < -0.4 is 5.32 Å². The first-order valence-corrected chi connectivity index (χ1v) is 5.85. The van der Waals surface area contributed by atoms with Gasteiger partial charge in [-0.15, -0.1) is 0 Å². The fourth-order valence-electron chi connectivity index (χ4n) is 1.81. The monoisotopic (exact) mass is 259 g/mol. The van der Waals surface area contributed by atoms with Gasteiger partial charge in [-0.1, -0.05) is 24.3 Å². The van der Waals surface area contributed by atoms with E-state index in [1.54, 1.807) is 38.1 Å². The molecule has 0 bridgehead atoms. The van der Waals surface area contributed by atoms with Crippen LogP contribution >= 0.6 is 0 Å². The number of amides is 1. The topological polar surface area (TPSA) is 49.3 Å². The lowest BCUT2D eigenvalue weighted by molar-refractivity contribution is 0.102. The van der Waals surface area contributed by atoms with Crippen molar-refractivity contribution < 1.29 is 14.3 Å². The Bertz CT molecular complexity index is 618. The number of hydrogen-bond acceptors (Lipinski definition) is 2. The molecule has 0 aromatic heterocycles. The quantitative estimate of drug-likeness (QED) is 0.868. The maximum Gasteiger partial charge on any atom is 0.259 e. The second-order valence-electron chi connectivity index (χ2n) is 4.36. The number of rotatable bonds is 2. The number of halogens is 1. The van der Waals surface area contributed by atoms with Crippen LogP contribution in [-0.2, 0) is 0 Å². The van der Waals surface area contributed by atoms with E-state index in [1.165, 1.54) is 12.1 Å². The molecule has 0 aliphatic heterocycles. The number of nitrogens with one attached hydrogen (secondary N) is 1. The van der Waals surface area contributed by atoms with Gasteiger partial charge in [-0.25, -0.2) is 4.39 Å². The fourth-order valence-corrected chi connectivity index (χ4v) is 1.81. The molecule has 3 nitrogen and oxygen atoms in total. The first kappa shape index (κ1) is 13.1. The van der Waals surface area contributed by atoms with Gasteiger partial charge in [0, 0.05) is 0 Å². The Hall–Kier alpha value is -2.36. The summed E-state index contributed by atoms with van der Waals surface area (Å²) in [5.74, 6) is -1.12. The van der Waals surface area contributed by atoms with Gasteiger partial charge in [0.2, 0.25) is 0 Å². The van der Waals surface area contributed by atoms with Crippen LogP contribution in [0.2, 0.25) is 0 Å². The Balaban J connectivity index is 2.34. The summed E-state index contributed by atoms with van der Waals surface area (Å²) >= 11 is 0. The number of carbonyl (C=O) groups is 1. The van der Waals surface area contributed by atoms with Gasteiger partial charge in [0.05, 0.1) is 11.3 Å². The first-order valence-electron chi connectivity index (χ1n) is 5.85. The summed E-state index contributed by atoms with van der Waals surface area (Å²) in [5.41, 5.74) is 1.48. The van der Waals surface area contributed by atoms with Gasteiger partial charge in [-0.3, -0.25) is 4.79 Å². The van der Waals surface area contributed by atoms with E-state index in [-0.39, 0.29) is 17.0 Å². The molecule has 2 N–H and O–H groups in total. The first-order chi connectivity index (χ1) is 9.00. The van der Waals surface area contributed by atoms with Crippen LogP contribution in [0, 0.1) is 19.7 Å². The van der Waals surface area contributed by atoms with E-state index in [9.17, 15) is 14.3 Å². The predicted molar refractivity (Wildman–Crippen MR) is 71.9 cm³/mol. The molecule has 4 heteroatoms. The van der Waals surface area contributed by atoms with Gasteiger partial charge in [-0.05, 0) is 37.1 Å². The molecule has 1 amide bonds. The molecule has 2 aromatic rings. The molecule has 0 heterocycles. The SMILES string of the molecule is Cc1cccc(C(=O)Nc2c(C)cccc2F)c1O. The van der Waals surface area contributed by atoms with E-state index in [0.29, 0.717) is 11.1 Å². The lowest BCUT2D eigenvalue weighted by Gasteiger charge is -2.11. The number of benzene rings is 2. The smallest absolute Gasteiger partial charge is 0.259 e. The van der Waals surface area contributed by atoms with Crippen LogP contribution in [-0.4, -0.2) is 11.0 Å². The lowest BCUT2D eigenvalue weighted by Crippen LogP contribution is -2.14. The van der Waals surface area contributed by atoms with E-state index in [4.69, 9.17) is 0 Å². The highest BCUT2D eigenvalue weighted by atomic mass is 19.1. The molecule has 0 saturated carbocycles. The average Bonchev–Trinajstić information content (AvgIpc) is 2.37. The normalized spacial score (nSPS) is 10.3. The third-order valence-corrected chi connectivity index (χ3v) is 2.94. The molecule has 19 heavy (non-hydrogen) atoms. The predicted octanol–water partition coefficient (Wildman–Crippen LogP) is 3.40. The summed E-state index contributed by atoms with van der Waals surface area (Å²) in [4.78, 5) is 12.1. The molecule has 2 rings (SSSR count). The van der Waals surface area contributed by atoms with Gasteiger partial charge in [0.25, 0.3) is 5.91 Å². The van der Waals surface area contributed by atoms with Crippen molar-refractivity contribution >= 4 is 11.6 Å². The molecular weight excluding hydrogens is 245 g/mol. The number of aryl methyl sites for hydroxylation is 2. The number of para-hydroxylation sites is 2. The summed E-state index contributed by atoms with van der Waals surface area (Å²) in [7, 11) is 0. The molecule has 0 fully saturated rings. The van der Waals surface area contributed by atoms with Crippen molar-refractivity contribution in [3.63, 3.8) is 0 Å². The molecule has 98 valence electrons. The maximum absolute atomic E-state index is 13.6. The molecule has 0 spiro atoms. The van der Waals surface area contributed by atoms with Crippen molar-refractivity contribution in [1.82, 2.24) is 0 Å². The van der Waals surface area contributed by atoms with E-state index in [0.717, 1.165) is 0 Å². The largest absolute Gasteiger partial charge is 0.507 e. The van der Waals surface area contributed by atoms with E-state index >= 15 is 0 Å². The zero-order valence-electron chi connectivity index (χ0n) is 10.7. The van der Waals surface area contributed by atoms with Crippen molar-refractivity contribution in [2.24, 2.45) is 0 Å². The van der Waals surface area contributed by atoms with E-state index < -0.39 is 11.7 Å². The molecule has 0 atom stereocenters. The van der Waals surface area contributed by atoms with Crippen molar-refractivity contribution in [3.8, 4) is 5.75 Å². The van der Waals surface area contributed by atoms with Crippen LogP contribution in [0.5, 0.6) is 5.75 Å². The van der Waals surface area contributed by atoms with E-state index in [1.807, 2.05) is 0 Å². The summed E-state index contributed by atoms with van der Waals surface area (Å²) in [5, 5.41) is 12.3. The second-order valence-corrected chi connectivity index (χ2v) is 4.36. The standard InChI is InChI=1S/C15H14FNO2/c1-9-5-4-8-12(16)13(9)17-15(19)11-7-3-6-10(2)14(11)18/h3-8,18H,1-2H3,(H,17,19). The van der Waals surface area contributed by atoms with Crippen LogP contribution in [0.15, 0.2) is 36.4 Å². The molecule has 0 radical (unpaired) electrons. The molecule has 0 aliphatic carbocycles. The highest BCUT2D eigenvalue weighted by Crippen LogP contribution is 2.24. The van der Waals surface area contributed by atoms with Crippen molar-refractivity contribution in [2.75, 3.05) is 5.32 Å². The summed E-state index contributed by atoms with van der Waals surface area (Å²) in [6, 6.07) is 9.41. The second kappa shape index (κ2) is 5.10. The third kappa shape index (κ3) is 2.57. The highest BCUT2D eigenvalue weighted by molar-refractivity contribution is 6.06. The lowest BCUT2D eigenvalue weighted by atomic mass is 10.1. The van der Waals surface area contributed by atoms with E-state index in [2.05, 4.69) is 5.32 Å².